The first-order valence-corrected chi connectivity index (χ1v) is 10.3. The third kappa shape index (κ3) is 4.48. The minimum atomic E-state index is -0.416. The van der Waals surface area contributed by atoms with E-state index in [1.807, 2.05) is 29.2 Å². The second-order valence-electron chi connectivity index (χ2n) is 7.63. The second kappa shape index (κ2) is 8.59. The van der Waals surface area contributed by atoms with Gasteiger partial charge in [0, 0.05) is 42.6 Å². The molecule has 0 aliphatic carbocycles. The highest BCUT2D eigenvalue weighted by atomic mass is 35.5. The number of aryl methyl sites for hydroxylation is 2. The van der Waals surface area contributed by atoms with Gasteiger partial charge >= 0.3 is 0 Å². The number of hydrogen-bond donors (Lipinski definition) is 4. The Hall–Kier alpha value is -2.32. The smallest absolute Gasteiger partial charge is 0.244 e. The van der Waals surface area contributed by atoms with Crippen LogP contribution in [0.25, 0.3) is 0 Å². The number of hydrogen-bond acceptors (Lipinski definition) is 6. The van der Waals surface area contributed by atoms with Crippen LogP contribution in [0.1, 0.15) is 11.1 Å². The summed E-state index contributed by atoms with van der Waals surface area (Å²) in [6.45, 7) is 7.31. The Kier molecular flexibility index (Phi) is 5.91. The van der Waals surface area contributed by atoms with Gasteiger partial charge in [-0.05, 0) is 49.2 Å². The third-order valence-electron chi connectivity index (χ3n) is 5.50. The quantitative estimate of drug-likeness (QED) is 0.613. The fraction of sp³-hybridized carbons (Fsp3) is 0.381. The molecule has 2 fully saturated rings. The molecule has 2 aliphatic rings. The lowest BCUT2D eigenvalue weighted by atomic mass is 10.1. The van der Waals surface area contributed by atoms with Gasteiger partial charge in [-0.3, -0.25) is 4.79 Å². The summed E-state index contributed by atoms with van der Waals surface area (Å²) in [6, 6.07) is 13.6. The Morgan fingerprint density at radius 2 is 1.86 bits per heavy atom. The second-order valence-corrected chi connectivity index (χ2v) is 8.06. The number of benzene rings is 2. The van der Waals surface area contributed by atoms with Gasteiger partial charge in [-0.2, -0.15) is 5.53 Å². The highest BCUT2D eigenvalue weighted by molar-refractivity contribution is 6.30. The number of halogens is 1. The van der Waals surface area contributed by atoms with Gasteiger partial charge < -0.3 is 15.1 Å². The number of rotatable bonds is 4. The number of amides is 1. The van der Waals surface area contributed by atoms with Crippen molar-refractivity contribution in [3.63, 3.8) is 0 Å². The Balaban J connectivity index is 1.38. The SMILES string of the molecule is Cc1ccc(C)c(N2CCN(C(=O)C3NNNC3Nc3cccc(Cl)c3)CC2)c1. The molecule has 0 saturated carbocycles. The first kappa shape index (κ1) is 20.0. The van der Waals surface area contributed by atoms with Crippen LogP contribution in [0.15, 0.2) is 42.5 Å². The zero-order valence-corrected chi connectivity index (χ0v) is 17.5. The highest BCUT2D eigenvalue weighted by Gasteiger charge is 2.36. The molecule has 8 heteroatoms. The van der Waals surface area contributed by atoms with Crippen LogP contribution < -0.4 is 26.6 Å². The number of anilines is 2. The van der Waals surface area contributed by atoms with E-state index in [0.29, 0.717) is 18.1 Å². The van der Waals surface area contributed by atoms with Crippen molar-refractivity contribution >= 4 is 28.9 Å². The topological polar surface area (TPSA) is 71.7 Å². The first-order valence-electron chi connectivity index (χ1n) is 9.90. The summed E-state index contributed by atoms with van der Waals surface area (Å²) < 4.78 is 0. The molecule has 0 aromatic heterocycles. The summed E-state index contributed by atoms with van der Waals surface area (Å²) >= 11 is 6.06. The van der Waals surface area contributed by atoms with E-state index in [2.05, 4.69) is 58.6 Å². The zero-order chi connectivity index (χ0) is 20.4. The molecule has 2 atom stereocenters. The summed E-state index contributed by atoms with van der Waals surface area (Å²) in [4.78, 5) is 17.4. The fourth-order valence-corrected chi connectivity index (χ4v) is 4.06. The monoisotopic (exact) mass is 414 g/mol. The van der Waals surface area contributed by atoms with Crippen LogP contribution in [0.4, 0.5) is 11.4 Å². The number of nitrogens with zero attached hydrogens (tertiary/aromatic N) is 2. The normalized spacial score (nSPS) is 22.0. The molecule has 2 unspecified atom stereocenters. The van der Waals surface area contributed by atoms with E-state index in [0.717, 1.165) is 18.8 Å². The van der Waals surface area contributed by atoms with E-state index in [9.17, 15) is 4.79 Å². The molecule has 4 rings (SSSR count). The molecule has 2 aromatic carbocycles. The Morgan fingerprint density at radius 3 is 2.62 bits per heavy atom. The van der Waals surface area contributed by atoms with Gasteiger partial charge in [-0.1, -0.05) is 29.8 Å². The van der Waals surface area contributed by atoms with E-state index in [1.54, 1.807) is 0 Å². The van der Waals surface area contributed by atoms with E-state index in [4.69, 9.17) is 11.6 Å². The van der Waals surface area contributed by atoms with Crippen molar-refractivity contribution in [1.82, 2.24) is 21.3 Å². The lowest BCUT2D eigenvalue weighted by Crippen LogP contribution is -2.57. The molecular formula is C21H27ClN6O. The van der Waals surface area contributed by atoms with Gasteiger partial charge in [-0.15, -0.1) is 0 Å². The lowest BCUT2D eigenvalue weighted by molar-refractivity contribution is -0.133. The van der Waals surface area contributed by atoms with Gasteiger partial charge in [0.05, 0.1) is 0 Å². The predicted octanol–water partition coefficient (Wildman–Crippen LogP) is 2.02. The predicted molar refractivity (Wildman–Crippen MR) is 117 cm³/mol. The van der Waals surface area contributed by atoms with E-state index in [1.165, 1.54) is 16.8 Å². The van der Waals surface area contributed by atoms with Crippen molar-refractivity contribution in [2.24, 2.45) is 0 Å². The molecule has 0 bridgehead atoms. The van der Waals surface area contributed by atoms with Gasteiger partial charge in [0.2, 0.25) is 5.91 Å². The summed E-state index contributed by atoms with van der Waals surface area (Å²) in [5, 5.41) is 3.97. The molecule has 0 spiro atoms. The Bertz CT molecular complexity index is 883. The van der Waals surface area contributed by atoms with E-state index in [-0.39, 0.29) is 12.1 Å². The van der Waals surface area contributed by atoms with Crippen molar-refractivity contribution in [3.05, 3.63) is 58.6 Å². The maximum Gasteiger partial charge on any atom is 0.244 e. The van der Waals surface area contributed by atoms with Crippen LogP contribution in [0.2, 0.25) is 5.02 Å². The average molecular weight is 415 g/mol. The summed E-state index contributed by atoms with van der Waals surface area (Å²) in [5.41, 5.74) is 13.6. The van der Waals surface area contributed by atoms with Crippen molar-refractivity contribution in [2.75, 3.05) is 36.4 Å². The van der Waals surface area contributed by atoms with Gasteiger partial charge in [0.15, 0.2) is 0 Å². The number of piperazine rings is 1. The summed E-state index contributed by atoms with van der Waals surface area (Å²) in [5.74, 6) is 0.0719. The van der Waals surface area contributed by atoms with Crippen LogP contribution in [-0.4, -0.2) is 49.2 Å². The van der Waals surface area contributed by atoms with Crippen molar-refractivity contribution in [2.45, 2.75) is 26.1 Å². The molecule has 2 heterocycles. The van der Waals surface area contributed by atoms with E-state index >= 15 is 0 Å². The van der Waals surface area contributed by atoms with Gasteiger partial charge in [0.1, 0.15) is 12.2 Å². The summed E-state index contributed by atoms with van der Waals surface area (Å²) in [7, 11) is 0. The maximum absolute atomic E-state index is 13.1. The molecule has 29 heavy (non-hydrogen) atoms. The molecule has 154 valence electrons. The van der Waals surface area contributed by atoms with Gasteiger partial charge in [0.25, 0.3) is 0 Å². The molecular weight excluding hydrogens is 388 g/mol. The average Bonchev–Trinajstić information content (AvgIpc) is 3.17. The van der Waals surface area contributed by atoms with Crippen LogP contribution >= 0.6 is 11.6 Å². The van der Waals surface area contributed by atoms with E-state index < -0.39 is 6.04 Å². The Labute approximate surface area is 176 Å². The largest absolute Gasteiger partial charge is 0.368 e. The van der Waals surface area contributed by atoms with Gasteiger partial charge in [-0.25, -0.2) is 10.9 Å². The first-order chi connectivity index (χ1) is 14.0. The zero-order valence-electron chi connectivity index (χ0n) is 16.7. The molecule has 2 saturated heterocycles. The molecule has 4 N–H and O–H groups in total. The van der Waals surface area contributed by atoms with Crippen LogP contribution in [0, 0.1) is 13.8 Å². The Morgan fingerprint density at radius 1 is 1.07 bits per heavy atom. The van der Waals surface area contributed by atoms with Crippen molar-refractivity contribution in [1.29, 1.82) is 0 Å². The molecule has 2 aromatic rings. The maximum atomic E-state index is 13.1. The molecule has 7 nitrogen and oxygen atoms in total. The standard InChI is InChI=1S/C21H27ClN6O/c1-14-6-7-15(2)18(12-14)27-8-10-28(11-9-27)21(29)19-20(25-26-24-19)23-17-5-3-4-16(22)13-17/h3-7,12-13,19-20,23-26H,8-11H2,1-2H3. The fourth-order valence-electron chi connectivity index (χ4n) is 3.87. The minimum absolute atomic E-state index is 0.0719. The van der Waals surface area contributed by atoms with Crippen molar-refractivity contribution in [3.8, 4) is 0 Å². The molecule has 0 radical (unpaired) electrons. The number of hydrazine groups is 2. The molecule has 1 amide bonds. The third-order valence-corrected chi connectivity index (χ3v) is 5.73. The van der Waals surface area contributed by atoms with Crippen molar-refractivity contribution < 1.29 is 4.79 Å². The number of nitrogens with one attached hydrogen (secondary N) is 4. The lowest BCUT2D eigenvalue weighted by Gasteiger charge is -2.38. The van der Waals surface area contributed by atoms with Crippen LogP contribution in [0.5, 0.6) is 0 Å². The van der Waals surface area contributed by atoms with Crippen LogP contribution in [0.3, 0.4) is 0 Å². The number of carbonyl (C=O) groups excluding carboxylic acids is 1. The van der Waals surface area contributed by atoms with Crippen LogP contribution in [-0.2, 0) is 4.79 Å². The summed E-state index contributed by atoms with van der Waals surface area (Å²) in [6.07, 6.45) is -0.280. The highest BCUT2D eigenvalue weighted by Crippen LogP contribution is 2.23. The molecule has 2 aliphatic heterocycles. The minimum Gasteiger partial charge on any atom is -0.368 e. The number of carbonyl (C=O) groups is 1.